The molecule has 0 heterocycles. The zero-order chi connectivity index (χ0) is 16.3. The van der Waals surface area contributed by atoms with E-state index in [2.05, 4.69) is 31.3 Å². The smallest absolute Gasteiger partial charge is 0.309 e. The Morgan fingerprint density at radius 2 is 1.55 bits per heavy atom. The average Bonchev–Trinajstić information content (AvgIpc) is 2.44. The molecule has 0 aliphatic carbocycles. The maximum absolute atomic E-state index is 12.7. The lowest BCUT2D eigenvalue weighted by Gasteiger charge is -2.12. The molecular weight excluding hydrogens is 287 g/mol. The summed E-state index contributed by atoms with van der Waals surface area (Å²) in [7, 11) is 0. The predicted octanol–water partition coefficient (Wildman–Crippen LogP) is 4.92. The van der Waals surface area contributed by atoms with Gasteiger partial charge >= 0.3 is 6.18 Å². The van der Waals surface area contributed by atoms with Crippen molar-refractivity contribution in [1.29, 1.82) is 0 Å². The Kier molecular flexibility index (Phi) is 4.91. The van der Waals surface area contributed by atoms with Crippen LogP contribution in [0.4, 0.5) is 13.2 Å². The summed E-state index contributed by atoms with van der Waals surface area (Å²) in [4.78, 5) is 0. The van der Waals surface area contributed by atoms with Gasteiger partial charge in [-0.25, -0.2) is 0 Å². The Balaban J connectivity index is 2.01. The van der Waals surface area contributed by atoms with Crippen LogP contribution in [-0.4, -0.2) is 0 Å². The van der Waals surface area contributed by atoms with Crippen LogP contribution in [0, 0.1) is 20.8 Å². The Labute approximate surface area is 129 Å². The zero-order valence-corrected chi connectivity index (χ0v) is 13.0. The van der Waals surface area contributed by atoms with Crippen molar-refractivity contribution < 1.29 is 13.2 Å². The second kappa shape index (κ2) is 6.53. The number of nitrogens with one attached hydrogen (secondary N) is 1. The molecule has 118 valence electrons. The monoisotopic (exact) mass is 307 g/mol. The molecule has 0 aromatic heterocycles. The van der Waals surface area contributed by atoms with Gasteiger partial charge in [-0.05, 0) is 54.7 Å². The summed E-state index contributed by atoms with van der Waals surface area (Å²) in [6, 6.07) is 9.70. The van der Waals surface area contributed by atoms with Crippen LogP contribution in [0.15, 0.2) is 36.4 Å². The molecule has 1 nitrogen and oxygen atoms in total. The van der Waals surface area contributed by atoms with Crippen molar-refractivity contribution in [3.63, 3.8) is 0 Å². The van der Waals surface area contributed by atoms with Crippen LogP contribution in [0.1, 0.15) is 33.4 Å². The molecule has 4 heteroatoms. The van der Waals surface area contributed by atoms with Gasteiger partial charge in [-0.3, -0.25) is 0 Å². The molecule has 0 saturated carbocycles. The van der Waals surface area contributed by atoms with Gasteiger partial charge < -0.3 is 5.32 Å². The lowest BCUT2D eigenvalue weighted by atomic mass is 10.0. The van der Waals surface area contributed by atoms with E-state index >= 15 is 0 Å². The molecule has 0 spiro atoms. The molecule has 22 heavy (non-hydrogen) atoms. The number of rotatable bonds is 4. The summed E-state index contributed by atoms with van der Waals surface area (Å²) < 4.78 is 38.0. The molecule has 0 atom stereocenters. The van der Waals surface area contributed by atoms with Gasteiger partial charge in [-0.15, -0.1) is 0 Å². The normalized spacial score (nSPS) is 11.7. The molecule has 2 aromatic carbocycles. The number of halogens is 3. The third kappa shape index (κ3) is 4.10. The van der Waals surface area contributed by atoms with Crippen LogP contribution < -0.4 is 5.32 Å². The van der Waals surface area contributed by atoms with Gasteiger partial charge in [0.15, 0.2) is 0 Å². The van der Waals surface area contributed by atoms with Gasteiger partial charge in [-0.2, -0.15) is 13.2 Å². The van der Waals surface area contributed by atoms with Crippen LogP contribution in [0.25, 0.3) is 0 Å². The van der Waals surface area contributed by atoms with Crippen molar-refractivity contribution in [2.45, 2.75) is 40.0 Å². The second-order valence-electron chi connectivity index (χ2n) is 5.66. The predicted molar refractivity (Wildman–Crippen MR) is 82.6 cm³/mol. The summed E-state index contributed by atoms with van der Waals surface area (Å²) in [6.07, 6.45) is -4.29. The minimum absolute atomic E-state index is 0.413. The largest absolute Gasteiger partial charge is 0.416 e. The minimum atomic E-state index is -4.29. The Hall–Kier alpha value is -1.81. The van der Waals surface area contributed by atoms with E-state index in [9.17, 15) is 13.2 Å². The molecule has 0 bridgehead atoms. The summed E-state index contributed by atoms with van der Waals surface area (Å²) in [5.74, 6) is 0. The Bertz CT molecular complexity index is 660. The fourth-order valence-electron chi connectivity index (χ4n) is 2.41. The molecule has 0 aliphatic rings. The van der Waals surface area contributed by atoms with Crippen molar-refractivity contribution in [3.8, 4) is 0 Å². The summed E-state index contributed by atoms with van der Waals surface area (Å²) >= 11 is 0. The molecule has 0 unspecified atom stereocenters. The number of alkyl halides is 3. The van der Waals surface area contributed by atoms with E-state index in [-0.39, 0.29) is 0 Å². The van der Waals surface area contributed by atoms with Crippen LogP contribution in [0.5, 0.6) is 0 Å². The first kappa shape index (κ1) is 16.6. The zero-order valence-electron chi connectivity index (χ0n) is 13.0. The molecule has 0 saturated heterocycles. The Morgan fingerprint density at radius 3 is 2.23 bits per heavy atom. The van der Waals surface area contributed by atoms with Gasteiger partial charge in [0.1, 0.15) is 0 Å². The van der Waals surface area contributed by atoms with E-state index in [0.717, 1.165) is 6.07 Å². The van der Waals surface area contributed by atoms with E-state index in [0.29, 0.717) is 18.7 Å². The first-order chi connectivity index (χ1) is 10.3. The van der Waals surface area contributed by atoms with Crippen molar-refractivity contribution in [2.75, 3.05) is 0 Å². The van der Waals surface area contributed by atoms with E-state index in [1.165, 1.54) is 34.4 Å². The highest BCUT2D eigenvalue weighted by Gasteiger charge is 2.30. The SMILES string of the molecule is Cc1cc(C)c(CNCc2cccc(C(F)(F)F)c2)cc1C. The maximum atomic E-state index is 12.7. The van der Waals surface area contributed by atoms with E-state index in [1.807, 2.05) is 6.92 Å². The van der Waals surface area contributed by atoms with Gasteiger partial charge in [0.2, 0.25) is 0 Å². The Morgan fingerprint density at radius 1 is 0.864 bits per heavy atom. The molecule has 0 fully saturated rings. The van der Waals surface area contributed by atoms with Crippen molar-refractivity contribution >= 4 is 0 Å². The van der Waals surface area contributed by atoms with Crippen molar-refractivity contribution in [1.82, 2.24) is 5.32 Å². The fourth-order valence-corrected chi connectivity index (χ4v) is 2.41. The summed E-state index contributed by atoms with van der Waals surface area (Å²) in [5.41, 5.74) is 4.88. The van der Waals surface area contributed by atoms with E-state index in [4.69, 9.17) is 0 Å². The average molecular weight is 307 g/mol. The lowest BCUT2D eigenvalue weighted by Crippen LogP contribution is -2.14. The maximum Gasteiger partial charge on any atom is 0.416 e. The minimum Gasteiger partial charge on any atom is -0.309 e. The third-order valence-corrected chi connectivity index (χ3v) is 3.85. The summed E-state index contributed by atoms with van der Waals surface area (Å²) in [6.45, 7) is 7.24. The lowest BCUT2D eigenvalue weighted by molar-refractivity contribution is -0.137. The van der Waals surface area contributed by atoms with Gasteiger partial charge in [-0.1, -0.05) is 30.3 Å². The molecule has 0 radical (unpaired) electrons. The van der Waals surface area contributed by atoms with Crippen LogP contribution in [0.3, 0.4) is 0 Å². The number of benzene rings is 2. The molecule has 0 aliphatic heterocycles. The number of hydrogen-bond acceptors (Lipinski definition) is 1. The summed E-state index contributed by atoms with van der Waals surface area (Å²) in [5, 5.41) is 3.22. The van der Waals surface area contributed by atoms with Crippen molar-refractivity contribution in [2.24, 2.45) is 0 Å². The van der Waals surface area contributed by atoms with Crippen LogP contribution in [0.2, 0.25) is 0 Å². The van der Waals surface area contributed by atoms with Gasteiger partial charge in [0.05, 0.1) is 5.56 Å². The van der Waals surface area contributed by atoms with Crippen LogP contribution in [-0.2, 0) is 19.3 Å². The van der Waals surface area contributed by atoms with Gasteiger partial charge in [0, 0.05) is 13.1 Å². The second-order valence-corrected chi connectivity index (χ2v) is 5.66. The molecule has 1 N–H and O–H groups in total. The number of hydrogen-bond donors (Lipinski definition) is 1. The quantitative estimate of drug-likeness (QED) is 0.845. The highest BCUT2D eigenvalue weighted by molar-refractivity contribution is 5.36. The molecular formula is C18H20F3N. The molecule has 2 rings (SSSR count). The van der Waals surface area contributed by atoms with E-state index in [1.54, 1.807) is 6.07 Å². The standard InChI is InChI=1S/C18H20F3N/c1-12-7-14(3)16(8-13(12)2)11-22-10-15-5-4-6-17(9-15)18(19,20)21/h4-9,22H,10-11H2,1-3H3. The van der Waals surface area contributed by atoms with E-state index < -0.39 is 11.7 Å². The first-order valence-electron chi connectivity index (χ1n) is 7.21. The molecule has 2 aromatic rings. The highest BCUT2D eigenvalue weighted by atomic mass is 19.4. The third-order valence-electron chi connectivity index (χ3n) is 3.85. The topological polar surface area (TPSA) is 12.0 Å². The van der Waals surface area contributed by atoms with Crippen molar-refractivity contribution in [3.05, 3.63) is 69.8 Å². The van der Waals surface area contributed by atoms with Crippen LogP contribution >= 0.6 is 0 Å². The molecule has 0 amide bonds. The number of aryl methyl sites for hydroxylation is 3. The highest BCUT2D eigenvalue weighted by Crippen LogP contribution is 2.29. The first-order valence-corrected chi connectivity index (χ1v) is 7.21. The van der Waals surface area contributed by atoms with Gasteiger partial charge in [0.25, 0.3) is 0 Å². The fraction of sp³-hybridized carbons (Fsp3) is 0.333.